The first kappa shape index (κ1) is 24.9. The van der Waals surface area contributed by atoms with E-state index < -0.39 is 6.61 Å². The molecule has 1 aromatic rings. The first-order chi connectivity index (χ1) is 12.9. The normalized spacial score (nSPS) is 15.2. The second kappa shape index (κ2) is 12.4. The zero-order valence-electron chi connectivity index (χ0n) is 15.9. The van der Waals surface area contributed by atoms with Crippen LogP contribution in [-0.2, 0) is 11.3 Å². The molecular weight excluding hydrogens is 549 g/mol. The van der Waals surface area contributed by atoms with Crippen molar-refractivity contribution >= 4 is 51.8 Å². The maximum Gasteiger partial charge on any atom is 0.387 e. The van der Waals surface area contributed by atoms with Crippen LogP contribution in [0.3, 0.4) is 0 Å². The maximum absolute atomic E-state index is 12.6. The van der Waals surface area contributed by atoms with Gasteiger partial charge >= 0.3 is 6.61 Å². The van der Waals surface area contributed by atoms with Gasteiger partial charge in [0, 0.05) is 50.2 Å². The van der Waals surface area contributed by atoms with Crippen LogP contribution in [-0.4, -0.2) is 50.6 Å². The third-order valence-electron chi connectivity index (χ3n) is 4.55. The Balaban J connectivity index is 0.00000392. The lowest BCUT2D eigenvalue weighted by atomic mass is 9.93. The minimum atomic E-state index is -2.87. The fourth-order valence-electron chi connectivity index (χ4n) is 3.12. The summed E-state index contributed by atoms with van der Waals surface area (Å²) in [5.74, 6) is 1.28. The van der Waals surface area contributed by atoms with Crippen molar-refractivity contribution in [1.82, 2.24) is 15.5 Å². The van der Waals surface area contributed by atoms with Crippen LogP contribution in [0.15, 0.2) is 27.7 Å². The number of amides is 1. The molecule has 0 aliphatic carbocycles. The van der Waals surface area contributed by atoms with E-state index >= 15 is 0 Å². The molecule has 1 aliphatic rings. The number of hydrogen-bond donors (Lipinski definition) is 2. The van der Waals surface area contributed by atoms with Gasteiger partial charge in [0.2, 0.25) is 5.91 Å². The van der Waals surface area contributed by atoms with Crippen molar-refractivity contribution in [1.29, 1.82) is 0 Å². The van der Waals surface area contributed by atoms with Gasteiger partial charge in [0.15, 0.2) is 5.96 Å². The number of guanidine groups is 1. The Bertz CT molecular complexity index is 671. The van der Waals surface area contributed by atoms with Crippen molar-refractivity contribution in [3.8, 4) is 5.75 Å². The Morgan fingerprint density at radius 2 is 2.07 bits per heavy atom. The third-order valence-corrected chi connectivity index (χ3v) is 5.05. The van der Waals surface area contributed by atoms with Crippen LogP contribution in [0, 0.1) is 5.92 Å². The smallest absolute Gasteiger partial charge is 0.387 e. The van der Waals surface area contributed by atoms with Crippen molar-refractivity contribution in [2.45, 2.75) is 32.4 Å². The molecule has 0 unspecified atom stereocenters. The first-order valence-electron chi connectivity index (χ1n) is 8.82. The molecular formula is C18H26BrF2IN4O2. The molecule has 1 aromatic carbocycles. The van der Waals surface area contributed by atoms with Crippen molar-refractivity contribution < 1.29 is 18.3 Å². The standard InChI is InChI=1S/C18H25BrF2N4O2.HI/c1-22-16(26)9-12-5-7-25(8-6-12)18(23-2)24-11-13-10-14(19)3-4-15(13)27-17(20)21;/h3-4,10,12,17H,5-9,11H2,1-2H3,(H,22,26)(H,23,24);1H. The van der Waals surface area contributed by atoms with Crippen molar-refractivity contribution in [2.75, 3.05) is 27.2 Å². The second-order valence-electron chi connectivity index (χ2n) is 6.34. The summed E-state index contributed by atoms with van der Waals surface area (Å²) in [6.45, 7) is -0.976. The molecule has 1 aliphatic heterocycles. The molecule has 10 heteroatoms. The molecule has 1 heterocycles. The molecule has 0 atom stereocenters. The highest BCUT2D eigenvalue weighted by Crippen LogP contribution is 2.25. The molecule has 0 bridgehead atoms. The molecule has 158 valence electrons. The third kappa shape index (κ3) is 7.69. The van der Waals surface area contributed by atoms with E-state index in [1.165, 1.54) is 6.07 Å². The van der Waals surface area contributed by atoms with Gasteiger partial charge in [-0.25, -0.2) is 0 Å². The summed E-state index contributed by atoms with van der Waals surface area (Å²) in [5, 5.41) is 5.88. The minimum absolute atomic E-state index is 0. The SMILES string of the molecule is CN=C(NCc1cc(Br)ccc1OC(F)F)N1CCC(CC(=O)NC)CC1.I. The average Bonchev–Trinajstić information content (AvgIpc) is 2.65. The van der Waals surface area contributed by atoms with Crippen LogP contribution in [0.25, 0.3) is 0 Å². The summed E-state index contributed by atoms with van der Waals surface area (Å²) in [4.78, 5) is 17.9. The Morgan fingerprint density at radius 3 is 2.64 bits per heavy atom. The van der Waals surface area contributed by atoms with E-state index in [0.717, 1.165) is 30.4 Å². The molecule has 1 fully saturated rings. The van der Waals surface area contributed by atoms with E-state index in [2.05, 4.69) is 41.2 Å². The molecule has 1 saturated heterocycles. The van der Waals surface area contributed by atoms with E-state index in [1.807, 2.05) is 0 Å². The number of halogens is 4. The molecule has 1 amide bonds. The lowest BCUT2D eigenvalue weighted by Gasteiger charge is -2.34. The summed E-state index contributed by atoms with van der Waals surface area (Å²) < 4.78 is 30.6. The van der Waals surface area contributed by atoms with Crippen LogP contribution in [0.1, 0.15) is 24.8 Å². The van der Waals surface area contributed by atoms with Gasteiger partial charge < -0.3 is 20.3 Å². The highest BCUT2D eigenvalue weighted by molar-refractivity contribution is 14.0. The highest BCUT2D eigenvalue weighted by atomic mass is 127. The number of ether oxygens (including phenoxy) is 1. The summed E-state index contributed by atoms with van der Waals surface area (Å²) >= 11 is 3.35. The van der Waals surface area contributed by atoms with Gasteiger partial charge in [-0.3, -0.25) is 9.79 Å². The molecule has 0 aromatic heterocycles. The molecule has 0 saturated carbocycles. The fraction of sp³-hybridized carbons (Fsp3) is 0.556. The second-order valence-corrected chi connectivity index (χ2v) is 7.25. The molecule has 6 nitrogen and oxygen atoms in total. The maximum atomic E-state index is 12.6. The molecule has 28 heavy (non-hydrogen) atoms. The topological polar surface area (TPSA) is 66.0 Å². The van der Waals surface area contributed by atoms with Crippen molar-refractivity contribution in [3.63, 3.8) is 0 Å². The van der Waals surface area contributed by atoms with Crippen LogP contribution in [0.2, 0.25) is 0 Å². The lowest BCUT2D eigenvalue weighted by molar-refractivity contribution is -0.121. The van der Waals surface area contributed by atoms with Gasteiger partial charge in [0.05, 0.1) is 0 Å². The van der Waals surface area contributed by atoms with E-state index in [4.69, 9.17) is 0 Å². The number of carbonyl (C=O) groups excluding carboxylic acids is 1. The Morgan fingerprint density at radius 1 is 1.39 bits per heavy atom. The monoisotopic (exact) mass is 574 g/mol. The number of hydrogen-bond acceptors (Lipinski definition) is 3. The number of alkyl halides is 2. The number of rotatable bonds is 6. The number of piperidine rings is 1. The highest BCUT2D eigenvalue weighted by Gasteiger charge is 2.23. The minimum Gasteiger partial charge on any atom is -0.434 e. The number of aliphatic imine (C=N–C) groups is 1. The van der Waals surface area contributed by atoms with Gasteiger partial charge in [-0.05, 0) is 37.0 Å². The Hall–Kier alpha value is -1.17. The zero-order chi connectivity index (χ0) is 19.8. The fourth-order valence-corrected chi connectivity index (χ4v) is 3.53. The summed E-state index contributed by atoms with van der Waals surface area (Å²) in [5.41, 5.74) is 0.611. The molecule has 2 rings (SSSR count). The quantitative estimate of drug-likeness (QED) is 0.310. The number of likely N-dealkylation sites (tertiary alicyclic amines) is 1. The van der Waals surface area contributed by atoms with Crippen LogP contribution >= 0.6 is 39.9 Å². The van der Waals surface area contributed by atoms with E-state index in [1.54, 1.807) is 26.2 Å². The summed E-state index contributed by atoms with van der Waals surface area (Å²) in [7, 11) is 3.34. The van der Waals surface area contributed by atoms with Gasteiger partial charge in [-0.2, -0.15) is 8.78 Å². The van der Waals surface area contributed by atoms with E-state index in [0.29, 0.717) is 30.4 Å². The van der Waals surface area contributed by atoms with Crippen LogP contribution in [0.5, 0.6) is 5.75 Å². The lowest BCUT2D eigenvalue weighted by Crippen LogP contribution is -2.45. The predicted octanol–water partition coefficient (Wildman–Crippen LogP) is 3.59. The van der Waals surface area contributed by atoms with Crippen LogP contribution in [0.4, 0.5) is 8.78 Å². The number of nitrogens with one attached hydrogen (secondary N) is 2. The predicted molar refractivity (Wildman–Crippen MR) is 119 cm³/mol. The molecule has 0 spiro atoms. The van der Waals surface area contributed by atoms with Gasteiger partial charge in [-0.15, -0.1) is 24.0 Å². The first-order valence-corrected chi connectivity index (χ1v) is 9.61. The number of carbonyl (C=O) groups is 1. The van der Waals surface area contributed by atoms with Gasteiger partial charge in [0.1, 0.15) is 5.75 Å². The average molecular weight is 575 g/mol. The molecule has 2 N–H and O–H groups in total. The van der Waals surface area contributed by atoms with E-state index in [-0.39, 0.29) is 35.6 Å². The van der Waals surface area contributed by atoms with Gasteiger partial charge in [0.25, 0.3) is 0 Å². The van der Waals surface area contributed by atoms with Crippen LogP contribution < -0.4 is 15.4 Å². The van der Waals surface area contributed by atoms with Gasteiger partial charge in [-0.1, -0.05) is 15.9 Å². The largest absolute Gasteiger partial charge is 0.434 e. The summed E-state index contributed by atoms with van der Waals surface area (Å²) in [6.07, 6.45) is 2.36. The van der Waals surface area contributed by atoms with Crippen molar-refractivity contribution in [3.05, 3.63) is 28.2 Å². The molecule has 0 radical (unpaired) electrons. The Labute approximate surface area is 189 Å². The number of nitrogens with zero attached hydrogens (tertiary/aromatic N) is 2. The summed E-state index contributed by atoms with van der Waals surface area (Å²) in [6, 6.07) is 4.92. The van der Waals surface area contributed by atoms with E-state index in [9.17, 15) is 13.6 Å². The Kier molecular flexibility index (Phi) is 11.0. The number of benzene rings is 1. The van der Waals surface area contributed by atoms with Crippen molar-refractivity contribution in [2.24, 2.45) is 10.9 Å². The zero-order valence-corrected chi connectivity index (χ0v) is 19.8.